The maximum absolute atomic E-state index is 13.2. The molecule has 178 valence electrons. The third-order valence-corrected chi connectivity index (χ3v) is 5.71. The summed E-state index contributed by atoms with van der Waals surface area (Å²) in [5.41, 5.74) is 6.76. The number of anilines is 4. The number of rotatable bonds is 5. The first-order valence-electron chi connectivity index (χ1n) is 10.7. The molecule has 1 aromatic carbocycles. The molecule has 3 heterocycles. The van der Waals surface area contributed by atoms with Crippen LogP contribution in [0.3, 0.4) is 0 Å². The Hall–Kier alpha value is -4.22. The molecular weight excluding hydrogens is 444 g/mol. The molecule has 0 spiro atoms. The van der Waals surface area contributed by atoms with Gasteiger partial charge in [-0.15, -0.1) is 0 Å². The standard InChI is InChI=1S/C22H24N6O6/c1-33-20(31)11-7-12(21(32)34-2)9-13(8-11)24-19(30)14-10-15(29)25-18-16(14)17(23)26-22(27-18)28-5-3-4-6-28/h7-9,14H,3-6,10H2,1-2H3,(H,24,30)(H3,23,25,26,27,29)/t14-/m1/s1. The lowest BCUT2D eigenvalue weighted by Gasteiger charge is -2.27. The molecule has 2 aliphatic rings. The van der Waals surface area contributed by atoms with Crippen molar-refractivity contribution in [3.63, 3.8) is 0 Å². The van der Waals surface area contributed by atoms with Crippen molar-refractivity contribution in [1.82, 2.24) is 9.97 Å². The lowest BCUT2D eigenvalue weighted by molar-refractivity contribution is -0.123. The summed E-state index contributed by atoms with van der Waals surface area (Å²) in [4.78, 5) is 60.4. The summed E-state index contributed by atoms with van der Waals surface area (Å²) >= 11 is 0. The number of nitrogens with zero attached hydrogens (tertiary/aromatic N) is 3. The van der Waals surface area contributed by atoms with Gasteiger partial charge in [-0.1, -0.05) is 0 Å². The summed E-state index contributed by atoms with van der Waals surface area (Å²) in [7, 11) is 2.39. The fourth-order valence-corrected chi connectivity index (χ4v) is 4.07. The summed E-state index contributed by atoms with van der Waals surface area (Å²) in [6.07, 6.45) is 1.85. The summed E-state index contributed by atoms with van der Waals surface area (Å²) in [6.45, 7) is 1.57. The quantitative estimate of drug-likeness (QED) is 0.544. The number of aromatic nitrogens is 2. The maximum Gasteiger partial charge on any atom is 0.337 e. The number of carbonyl (C=O) groups excluding carboxylic acids is 4. The van der Waals surface area contributed by atoms with E-state index >= 15 is 0 Å². The number of nitrogens with one attached hydrogen (secondary N) is 2. The minimum absolute atomic E-state index is 0.0422. The number of hydrogen-bond donors (Lipinski definition) is 3. The topological polar surface area (TPSA) is 166 Å². The number of methoxy groups -OCH3 is 2. The van der Waals surface area contributed by atoms with E-state index in [1.165, 1.54) is 32.4 Å². The summed E-state index contributed by atoms with van der Waals surface area (Å²) in [5, 5.41) is 5.33. The lowest BCUT2D eigenvalue weighted by atomic mass is 9.91. The molecule has 1 saturated heterocycles. The van der Waals surface area contributed by atoms with Crippen LogP contribution in [0.25, 0.3) is 0 Å². The number of hydrogen-bond acceptors (Lipinski definition) is 10. The van der Waals surface area contributed by atoms with Gasteiger partial charge in [0.2, 0.25) is 17.8 Å². The van der Waals surface area contributed by atoms with Crippen molar-refractivity contribution in [3.8, 4) is 0 Å². The van der Waals surface area contributed by atoms with Crippen molar-refractivity contribution in [2.45, 2.75) is 25.2 Å². The maximum atomic E-state index is 13.2. The average Bonchev–Trinajstić information content (AvgIpc) is 3.37. The van der Waals surface area contributed by atoms with Gasteiger partial charge in [-0.3, -0.25) is 9.59 Å². The number of esters is 2. The Balaban J connectivity index is 1.66. The van der Waals surface area contributed by atoms with Crippen LogP contribution in [-0.4, -0.2) is 61.0 Å². The van der Waals surface area contributed by atoms with Crippen molar-refractivity contribution in [2.24, 2.45) is 0 Å². The van der Waals surface area contributed by atoms with Gasteiger partial charge in [0.1, 0.15) is 11.6 Å². The lowest BCUT2D eigenvalue weighted by Crippen LogP contribution is -2.33. The van der Waals surface area contributed by atoms with Crippen LogP contribution in [-0.2, 0) is 19.1 Å². The molecule has 2 aliphatic heterocycles. The molecule has 1 atom stereocenters. The Morgan fingerprint density at radius 2 is 1.68 bits per heavy atom. The van der Waals surface area contributed by atoms with Gasteiger partial charge < -0.3 is 30.7 Å². The zero-order chi connectivity index (χ0) is 24.4. The van der Waals surface area contributed by atoms with Crippen LogP contribution in [0.1, 0.15) is 51.5 Å². The first-order chi connectivity index (χ1) is 16.3. The SMILES string of the molecule is COC(=O)c1cc(NC(=O)[C@@H]2CC(=O)Nc3nc(N4CCCC4)nc(N)c32)cc(C(=O)OC)c1. The number of nitrogen functional groups attached to an aromatic ring is 1. The van der Waals surface area contributed by atoms with Crippen LogP contribution in [0.5, 0.6) is 0 Å². The molecule has 0 saturated carbocycles. The molecule has 12 heteroatoms. The van der Waals surface area contributed by atoms with E-state index in [9.17, 15) is 19.2 Å². The highest BCUT2D eigenvalue weighted by Crippen LogP contribution is 2.37. The van der Waals surface area contributed by atoms with Crippen LogP contribution in [0.15, 0.2) is 18.2 Å². The largest absolute Gasteiger partial charge is 0.465 e. The zero-order valence-electron chi connectivity index (χ0n) is 18.7. The van der Waals surface area contributed by atoms with Crippen LogP contribution in [0.2, 0.25) is 0 Å². The van der Waals surface area contributed by atoms with E-state index in [0.29, 0.717) is 11.5 Å². The predicted molar refractivity (Wildman–Crippen MR) is 122 cm³/mol. The highest BCUT2D eigenvalue weighted by molar-refractivity contribution is 6.06. The second-order valence-electron chi connectivity index (χ2n) is 7.94. The van der Waals surface area contributed by atoms with Crippen LogP contribution in [0.4, 0.5) is 23.3 Å². The van der Waals surface area contributed by atoms with E-state index in [1.54, 1.807) is 0 Å². The van der Waals surface area contributed by atoms with Gasteiger partial charge >= 0.3 is 11.9 Å². The van der Waals surface area contributed by atoms with Crippen molar-refractivity contribution >= 4 is 47.0 Å². The number of nitrogens with two attached hydrogens (primary N) is 1. The summed E-state index contributed by atoms with van der Waals surface area (Å²) in [5.74, 6) is -2.63. The van der Waals surface area contributed by atoms with E-state index in [2.05, 4.69) is 20.6 Å². The Morgan fingerprint density at radius 1 is 1.06 bits per heavy atom. The third kappa shape index (κ3) is 4.47. The van der Waals surface area contributed by atoms with E-state index in [4.69, 9.17) is 15.2 Å². The smallest absolute Gasteiger partial charge is 0.337 e. The van der Waals surface area contributed by atoms with E-state index < -0.39 is 29.7 Å². The van der Waals surface area contributed by atoms with Crippen molar-refractivity contribution in [1.29, 1.82) is 0 Å². The molecule has 12 nitrogen and oxygen atoms in total. The molecule has 0 bridgehead atoms. The fraction of sp³-hybridized carbons (Fsp3) is 0.364. The van der Waals surface area contributed by atoms with Crippen molar-refractivity contribution in [3.05, 3.63) is 34.9 Å². The van der Waals surface area contributed by atoms with E-state index in [0.717, 1.165) is 25.9 Å². The number of fused-ring (bicyclic) bond motifs is 1. The molecule has 4 rings (SSSR count). The van der Waals surface area contributed by atoms with Gasteiger partial charge in [-0.25, -0.2) is 9.59 Å². The van der Waals surface area contributed by atoms with Crippen molar-refractivity contribution < 1.29 is 28.7 Å². The number of ether oxygens (including phenoxy) is 2. The van der Waals surface area contributed by atoms with Gasteiger partial charge in [-0.2, -0.15) is 9.97 Å². The average molecular weight is 468 g/mol. The van der Waals surface area contributed by atoms with Crippen molar-refractivity contribution in [2.75, 3.05) is 48.6 Å². The van der Waals surface area contributed by atoms with Gasteiger partial charge in [-0.05, 0) is 31.0 Å². The minimum Gasteiger partial charge on any atom is -0.465 e. The molecule has 0 radical (unpaired) electrons. The summed E-state index contributed by atoms with van der Waals surface area (Å²) < 4.78 is 9.43. The van der Waals surface area contributed by atoms with Crippen LogP contribution in [0, 0.1) is 0 Å². The van der Waals surface area contributed by atoms with Gasteiger partial charge in [0.05, 0.1) is 36.8 Å². The highest BCUT2D eigenvalue weighted by Gasteiger charge is 2.35. The van der Waals surface area contributed by atoms with E-state index in [-0.39, 0.29) is 34.9 Å². The molecular formula is C22H24N6O6. The zero-order valence-corrected chi connectivity index (χ0v) is 18.7. The normalized spacial score (nSPS) is 16.9. The fourth-order valence-electron chi connectivity index (χ4n) is 4.07. The molecule has 1 aromatic heterocycles. The second-order valence-corrected chi connectivity index (χ2v) is 7.94. The Morgan fingerprint density at radius 3 is 2.26 bits per heavy atom. The number of carbonyl (C=O) groups is 4. The predicted octanol–water partition coefficient (Wildman–Crippen LogP) is 1.30. The number of benzene rings is 1. The Labute approximate surface area is 194 Å². The molecule has 0 unspecified atom stereocenters. The molecule has 2 aromatic rings. The molecule has 1 fully saturated rings. The molecule has 2 amide bonds. The van der Waals surface area contributed by atoms with Crippen LogP contribution < -0.4 is 21.3 Å². The van der Waals surface area contributed by atoms with E-state index in [1.807, 2.05) is 4.90 Å². The van der Waals surface area contributed by atoms with Crippen LogP contribution >= 0.6 is 0 Å². The Bertz CT molecular complexity index is 1140. The number of amides is 2. The molecule has 34 heavy (non-hydrogen) atoms. The first-order valence-corrected chi connectivity index (χ1v) is 10.7. The van der Waals surface area contributed by atoms with Gasteiger partial charge in [0.15, 0.2) is 0 Å². The Kier molecular flexibility index (Phi) is 6.30. The second kappa shape index (κ2) is 9.33. The first kappa shape index (κ1) is 23.0. The minimum atomic E-state index is -0.972. The monoisotopic (exact) mass is 468 g/mol. The summed E-state index contributed by atoms with van der Waals surface area (Å²) in [6, 6.07) is 4.01. The third-order valence-electron chi connectivity index (χ3n) is 5.71. The molecule has 0 aliphatic carbocycles. The van der Waals surface area contributed by atoms with Gasteiger partial charge in [0, 0.05) is 25.2 Å². The van der Waals surface area contributed by atoms with Gasteiger partial charge in [0.25, 0.3) is 0 Å². The molecule has 4 N–H and O–H groups in total. The highest BCUT2D eigenvalue weighted by atomic mass is 16.5.